The van der Waals surface area contributed by atoms with E-state index in [0.717, 1.165) is 0 Å². The average molecular weight is 224 g/mol. The van der Waals surface area contributed by atoms with Crippen LogP contribution in [0.5, 0.6) is 17.2 Å². The number of fused-ring (bicyclic) bond motifs is 1. The van der Waals surface area contributed by atoms with Crippen molar-refractivity contribution in [2.45, 2.75) is 13.2 Å². The third kappa shape index (κ3) is 1.32. The van der Waals surface area contributed by atoms with Gasteiger partial charge in [-0.15, -0.1) is 0 Å². The van der Waals surface area contributed by atoms with Crippen molar-refractivity contribution in [2.75, 3.05) is 14.2 Å². The molecule has 0 amide bonds. The van der Waals surface area contributed by atoms with Gasteiger partial charge in [-0.1, -0.05) is 0 Å². The van der Waals surface area contributed by atoms with E-state index in [0.29, 0.717) is 11.3 Å². The lowest BCUT2D eigenvalue weighted by Crippen LogP contribution is -2.22. The molecule has 0 fully saturated rings. The molecule has 0 aliphatic carbocycles. The average Bonchev–Trinajstić information content (AvgIpc) is 2.60. The summed E-state index contributed by atoms with van der Waals surface area (Å²) in [4.78, 5) is 11.7. The lowest BCUT2D eigenvalue weighted by Gasteiger charge is -2.09. The molecule has 1 aliphatic rings. The molecule has 1 heterocycles. The van der Waals surface area contributed by atoms with Crippen LogP contribution in [0.25, 0.3) is 0 Å². The lowest BCUT2D eigenvalue weighted by molar-refractivity contribution is -0.0215. The monoisotopic (exact) mass is 224 g/mol. The van der Waals surface area contributed by atoms with Crippen molar-refractivity contribution in [1.82, 2.24) is 0 Å². The zero-order valence-corrected chi connectivity index (χ0v) is 9.23. The Hall–Kier alpha value is -1.75. The summed E-state index contributed by atoms with van der Waals surface area (Å²) in [5.74, 6) is 0.275. The molecule has 0 bridgehead atoms. The minimum absolute atomic E-state index is 0.112. The predicted octanol–water partition coefficient (Wildman–Crippen LogP) is 1.26. The number of Topliss-reactive ketones (excluding diaryl/α,β-unsaturated/α-hetero) is 1. The zero-order chi connectivity index (χ0) is 11.9. The summed E-state index contributed by atoms with van der Waals surface area (Å²) in [7, 11) is 2.86. The smallest absolute Gasteiger partial charge is 0.264 e. The Morgan fingerprint density at radius 1 is 1.44 bits per heavy atom. The number of carbonyl (C=O) groups excluding carboxylic acids is 1. The Bertz CT molecular complexity index is 452. The highest BCUT2D eigenvalue weighted by molar-refractivity contribution is 6.06. The van der Waals surface area contributed by atoms with E-state index in [4.69, 9.17) is 14.2 Å². The first-order chi connectivity index (χ1) is 7.60. The Labute approximate surface area is 92.5 Å². The topological polar surface area (TPSA) is 65.0 Å². The zero-order valence-electron chi connectivity index (χ0n) is 9.23. The van der Waals surface area contributed by atoms with E-state index in [-0.39, 0.29) is 22.8 Å². The number of hydrogen-bond acceptors (Lipinski definition) is 5. The maximum atomic E-state index is 11.7. The fourth-order valence-electron chi connectivity index (χ4n) is 1.71. The van der Waals surface area contributed by atoms with Gasteiger partial charge in [-0.05, 0) is 6.92 Å². The van der Waals surface area contributed by atoms with Crippen LogP contribution < -0.4 is 9.47 Å². The van der Waals surface area contributed by atoms with Crippen LogP contribution in [-0.2, 0) is 4.74 Å². The van der Waals surface area contributed by atoms with Gasteiger partial charge in [-0.2, -0.15) is 0 Å². The molecule has 0 aromatic heterocycles. The summed E-state index contributed by atoms with van der Waals surface area (Å²) >= 11 is 0. The molecule has 1 aromatic rings. The van der Waals surface area contributed by atoms with Crippen LogP contribution in [0.1, 0.15) is 15.9 Å². The van der Waals surface area contributed by atoms with Crippen LogP contribution >= 0.6 is 0 Å². The van der Waals surface area contributed by atoms with Gasteiger partial charge in [-0.3, -0.25) is 4.79 Å². The minimum atomic E-state index is -0.979. The van der Waals surface area contributed by atoms with E-state index in [9.17, 15) is 9.90 Å². The molecule has 86 valence electrons. The van der Waals surface area contributed by atoms with E-state index in [1.807, 2.05) is 0 Å². The molecule has 2 rings (SSSR count). The first-order valence-electron chi connectivity index (χ1n) is 4.74. The van der Waals surface area contributed by atoms with Gasteiger partial charge in [-0.25, -0.2) is 0 Å². The summed E-state index contributed by atoms with van der Waals surface area (Å²) in [6.45, 7) is 1.67. The number of aromatic hydroxyl groups is 1. The highest BCUT2D eigenvalue weighted by Crippen LogP contribution is 2.42. The van der Waals surface area contributed by atoms with Gasteiger partial charge in [0, 0.05) is 18.7 Å². The summed E-state index contributed by atoms with van der Waals surface area (Å²) in [5, 5.41) is 9.88. The highest BCUT2D eigenvalue weighted by Gasteiger charge is 2.36. The van der Waals surface area contributed by atoms with Crippen molar-refractivity contribution < 1.29 is 24.1 Å². The van der Waals surface area contributed by atoms with Crippen LogP contribution in [0.2, 0.25) is 0 Å². The summed E-state index contributed by atoms with van der Waals surface area (Å²) in [6, 6.07) is 1.57. The van der Waals surface area contributed by atoms with Crippen molar-refractivity contribution in [1.29, 1.82) is 0 Å². The molecule has 1 aliphatic heterocycles. The number of methoxy groups -OCH3 is 2. The Morgan fingerprint density at radius 2 is 2.12 bits per heavy atom. The molecule has 1 N–H and O–H groups in total. The fourth-order valence-corrected chi connectivity index (χ4v) is 1.71. The largest absolute Gasteiger partial charge is 0.507 e. The molecule has 16 heavy (non-hydrogen) atoms. The van der Waals surface area contributed by atoms with Gasteiger partial charge in [0.15, 0.2) is 0 Å². The molecular formula is C11H12O5. The van der Waals surface area contributed by atoms with Crippen LogP contribution in [0.15, 0.2) is 6.07 Å². The lowest BCUT2D eigenvalue weighted by atomic mass is 10.1. The summed E-state index contributed by atoms with van der Waals surface area (Å²) in [6.07, 6.45) is -0.979. The van der Waals surface area contributed by atoms with Crippen LogP contribution in [0.4, 0.5) is 0 Å². The van der Waals surface area contributed by atoms with Crippen molar-refractivity contribution >= 4 is 5.78 Å². The first-order valence-corrected chi connectivity index (χ1v) is 4.74. The molecule has 0 saturated heterocycles. The van der Waals surface area contributed by atoms with E-state index in [2.05, 4.69) is 0 Å². The van der Waals surface area contributed by atoms with E-state index >= 15 is 0 Å². The number of ketones is 1. The van der Waals surface area contributed by atoms with Gasteiger partial charge in [0.05, 0.1) is 7.11 Å². The first kappa shape index (κ1) is 10.8. The maximum absolute atomic E-state index is 11.7. The van der Waals surface area contributed by atoms with Crippen molar-refractivity contribution in [3.8, 4) is 17.2 Å². The Balaban J connectivity index is 2.59. The minimum Gasteiger partial charge on any atom is -0.507 e. The SMILES string of the molecule is COc1cc2c(c(O)c1C)C(=O)C(OC)O2. The predicted molar refractivity (Wildman–Crippen MR) is 55.2 cm³/mol. The van der Waals surface area contributed by atoms with E-state index < -0.39 is 6.29 Å². The number of hydrogen-bond donors (Lipinski definition) is 1. The van der Waals surface area contributed by atoms with Crippen molar-refractivity contribution in [3.63, 3.8) is 0 Å². The molecule has 0 spiro atoms. The number of rotatable bonds is 2. The second-order valence-electron chi connectivity index (χ2n) is 3.48. The second-order valence-corrected chi connectivity index (χ2v) is 3.48. The molecule has 1 unspecified atom stereocenters. The second kappa shape index (κ2) is 3.68. The highest BCUT2D eigenvalue weighted by atomic mass is 16.7. The van der Waals surface area contributed by atoms with Crippen molar-refractivity contribution in [2.24, 2.45) is 0 Å². The van der Waals surface area contributed by atoms with Gasteiger partial charge in [0.25, 0.3) is 6.29 Å². The third-order valence-electron chi connectivity index (χ3n) is 2.60. The number of phenolic OH excluding ortho intramolecular Hbond substituents is 1. The van der Waals surface area contributed by atoms with Crippen LogP contribution in [0, 0.1) is 6.92 Å². The van der Waals surface area contributed by atoms with Crippen LogP contribution in [-0.4, -0.2) is 31.4 Å². The fraction of sp³-hybridized carbons (Fsp3) is 0.364. The third-order valence-corrected chi connectivity index (χ3v) is 2.60. The van der Waals surface area contributed by atoms with E-state index in [1.54, 1.807) is 13.0 Å². The standard InChI is InChI=1S/C11H12O5/c1-5-6(14-2)4-7-8(9(5)12)10(13)11(15-3)16-7/h4,11-12H,1-3H3. The maximum Gasteiger partial charge on any atom is 0.264 e. The van der Waals surface area contributed by atoms with Gasteiger partial charge in [0.1, 0.15) is 22.8 Å². The Kier molecular flexibility index (Phi) is 2.47. The molecule has 5 heteroatoms. The normalized spacial score (nSPS) is 18.2. The van der Waals surface area contributed by atoms with Gasteiger partial charge < -0.3 is 19.3 Å². The molecule has 1 atom stereocenters. The molecular weight excluding hydrogens is 212 g/mol. The number of benzene rings is 1. The van der Waals surface area contributed by atoms with Gasteiger partial charge in [0.2, 0.25) is 5.78 Å². The molecule has 1 aromatic carbocycles. The summed E-state index contributed by atoms with van der Waals surface area (Å²) in [5.41, 5.74) is 0.667. The molecule has 0 radical (unpaired) electrons. The molecule has 0 saturated carbocycles. The van der Waals surface area contributed by atoms with Crippen molar-refractivity contribution in [3.05, 3.63) is 17.2 Å². The van der Waals surface area contributed by atoms with Crippen LogP contribution in [0.3, 0.4) is 0 Å². The summed E-state index contributed by atoms with van der Waals surface area (Å²) < 4.78 is 15.1. The van der Waals surface area contributed by atoms with Gasteiger partial charge >= 0.3 is 0 Å². The van der Waals surface area contributed by atoms with E-state index in [1.165, 1.54) is 14.2 Å². The number of ether oxygens (including phenoxy) is 3. The Morgan fingerprint density at radius 3 is 2.69 bits per heavy atom. The molecule has 5 nitrogen and oxygen atoms in total. The quantitative estimate of drug-likeness (QED) is 0.819. The number of carbonyl (C=O) groups is 1. The number of phenols is 1.